The average Bonchev–Trinajstić information content (AvgIpc) is 2.50. The maximum absolute atomic E-state index is 12.3. The van der Waals surface area contributed by atoms with Crippen LogP contribution in [-0.4, -0.2) is 16.8 Å². The van der Waals surface area contributed by atoms with Gasteiger partial charge in [-0.2, -0.15) is 0 Å². The van der Waals surface area contributed by atoms with E-state index in [4.69, 9.17) is 11.6 Å². The standard InChI is InChI=1S/C17H18ClN3O3/c1-3-4-16(23)20-11-5-6-13(18)14(8-11)21-17(24)12-9-19-10(2)7-15(12)22/h5-9H,3-4H2,1-2H3,(H,19,22)(H,20,23)(H,21,24). The van der Waals surface area contributed by atoms with Gasteiger partial charge in [0.25, 0.3) is 5.91 Å². The van der Waals surface area contributed by atoms with E-state index in [-0.39, 0.29) is 16.9 Å². The van der Waals surface area contributed by atoms with Crippen LogP contribution >= 0.6 is 11.6 Å². The molecule has 0 aliphatic carbocycles. The number of aryl methyl sites for hydroxylation is 1. The quantitative estimate of drug-likeness (QED) is 0.774. The van der Waals surface area contributed by atoms with E-state index >= 15 is 0 Å². The molecule has 6 nitrogen and oxygen atoms in total. The molecule has 3 N–H and O–H groups in total. The molecule has 126 valence electrons. The van der Waals surface area contributed by atoms with Gasteiger partial charge in [0.05, 0.1) is 10.7 Å². The number of benzene rings is 1. The van der Waals surface area contributed by atoms with Gasteiger partial charge in [0, 0.05) is 30.1 Å². The molecule has 2 amide bonds. The summed E-state index contributed by atoms with van der Waals surface area (Å²) in [7, 11) is 0. The van der Waals surface area contributed by atoms with Crippen molar-refractivity contribution in [3.8, 4) is 0 Å². The molecule has 0 bridgehead atoms. The Hall–Kier alpha value is -2.60. The number of pyridine rings is 1. The monoisotopic (exact) mass is 347 g/mol. The smallest absolute Gasteiger partial charge is 0.261 e. The van der Waals surface area contributed by atoms with Gasteiger partial charge >= 0.3 is 0 Å². The molecule has 1 aromatic heterocycles. The third-order valence-corrected chi connectivity index (χ3v) is 3.61. The Morgan fingerprint density at radius 2 is 1.96 bits per heavy atom. The fourth-order valence-electron chi connectivity index (χ4n) is 2.09. The van der Waals surface area contributed by atoms with Gasteiger partial charge in [0.2, 0.25) is 5.91 Å². The molecule has 0 radical (unpaired) electrons. The summed E-state index contributed by atoms with van der Waals surface area (Å²) < 4.78 is 0. The molecule has 0 aliphatic rings. The van der Waals surface area contributed by atoms with Crippen LogP contribution in [0.5, 0.6) is 0 Å². The molecule has 0 aliphatic heterocycles. The number of carbonyl (C=O) groups is 2. The number of rotatable bonds is 5. The summed E-state index contributed by atoms with van der Waals surface area (Å²) in [6.45, 7) is 3.63. The molecule has 0 spiro atoms. The molecule has 0 saturated heterocycles. The van der Waals surface area contributed by atoms with Gasteiger partial charge in [-0.3, -0.25) is 14.4 Å². The number of hydrogen-bond donors (Lipinski definition) is 3. The van der Waals surface area contributed by atoms with Gasteiger partial charge in [0.15, 0.2) is 5.43 Å². The van der Waals surface area contributed by atoms with Crippen LogP contribution in [0.1, 0.15) is 35.8 Å². The third kappa shape index (κ3) is 4.45. The molecule has 2 aromatic rings. The minimum Gasteiger partial charge on any atom is -0.364 e. The fraction of sp³-hybridized carbons (Fsp3) is 0.235. The predicted octanol–water partition coefficient (Wildman–Crippen LogP) is 3.33. The Bertz CT molecular complexity index is 830. The topological polar surface area (TPSA) is 91.1 Å². The predicted molar refractivity (Wildman–Crippen MR) is 94.7 cm³/mol. The second kappa shape index (κ2) is 7.79. The van der Waals surface area contributed by atoms with E-state index in [2.05, 4.69) is 15.6 Å². The van der Waals surface area contributed by atoms with Crippen LogP contribution in [0.2, 0.25) is 5.02 Å². The van der Waals surface area contributed by atoms with Crippen molar-refractivity contribution < 1.29 is 9.59 Å². The number of nitrogens with one attached hydrogen (secondary N) is 3. The number of aromatic nitrogens is 1. The Balaban J connectivity index is 2.20. The Labute approximate surface area is 144 Å². The number of amides is 2. The summed E-state index contributed by atoms with van der Waals surface area (Å²) in [5.74, 6) is -0.692. The van der Waals surface area contributed by atoms with Crippen molar-refractivity contribution in [3.63, 3.8) is 0 Å². The van der Waals surface area contributed by atoms with Crippen LogP contribution < -0.4 is 16.1 Å². The van der Waals surface area contributed by atoms with E-state index in [1.807, 2.05) is 6.92 Å². The Morgan fingerprint density at radius 1 is 1.21 bits per heavy atom. The molecule has 7 heteroatoms. The maximum Gasteiger partial charge on any atom is 0.261 e. The van der Waals surface area contributed by atoms with Crippen molar-refractivity contribution in [2.24, 2.45) is 0 Å². The summed E-state index contributed by atoms with van der Waals surface area (Å²) in [6.07, 6.45) is 2.50. The van der Waals surface area contributed by atoms with E-state index in [0.29, 0.717) is 28.5 Å². The van der Waals surface area contributed by atoms with Crippen LogP contribution in [0.25, 0.3) is 0 Å². The molecule has 0 unspecified atom stereocenters. The molecule has 1 heterocycles. The van der Waals surface area contributed by atoms with Crippen molar-refractivity contribution in [3.05, 3.63) is 57.0 Å². The van der Waals surface area contributed by atoms with E-state index in [0.717, 1.165) is 6.42 Å². The van der Waals surface area contributed by atoms with Crippen molar-refractivity contribution in [1.29, 1.82) is 0 Å². The van der Waals surface area contributed by atoms with Crippen molar-refractivity contribution in [1.82, 2.24) is 4.98 Å². The zero-order valence-corrected chi connectivity index (χ0v) is 14.2. The normalized spacial score (nSPS) is 10.3. The number of anilines is 2. The summed E-state index contributed by atoms with van der Waals surface area (Å²) >= 11 is 6.08. The van der Waals surface area contributed by atoms with E-state index < -0.39 is 5.91 Å². The van der Waals surface area contributed by atoms with Crippen LogP contribution in [0.15, 0.2) is 35.3 Å². The highest BCUT2D eigenvalue weighted by atomic mass is 35.5. The third-order valence-electron chi connectivity index (χ3n) is 3.28. The van der Waals surface area contributed by atoms with Crippen LogP contribution in [0.4, 0.5) is 11.4 Å². The highest BCUT2D eigenvalue weighted by Gasteiger charge is 2.13. The molecule has 0 fully saturated rings. The zero-order valence-electron chi connectivity index (χ0n) is 13.4. The number of H-pyrrole nitrogens is 1. The first-order valence-electron chi connectivity index (χ1n) is 7.50. The minimum atomic E-state index is -0.574. The zero-order chi connectivity index (χ0) is 17.7. The number of aromatic amines is 1. The van der Waals surface area contributed by atoms with E-state index in [1.54, 1.807) is 25.1 Å². The minimum absolute atomic E-state index is 0.0166. The van der Waals surface area contributed by atoms with Gasteiger partial charge in [0.1, 0.15) is 5.56 Å². The van der Waals surface area contributed by atoms with Crippen LogP contribution in [0.3, 0.4) is 0 Å². The summed E-state index contributed by atoms with van der Waals surface area (Å²) in [5, 5.41) is 5.62. The maximum atomic E-state index is 12.3. The van der Waals surface area contributed by atoms with Gasteiger partial charge in [-0.1, -0.05) is 18.5 Å². The van der Waals surface area contributed by atoms with Crippen molar-refractivity contribution in [2.75, 3.05) is 10.6 Å². The molecule has 1 aromatic carbocycles. The second-order valence-corrected chi connectivity index (χ2v) is 5.75. The largest absolute Gasteiger partial charge is 0.364 e. The van der Waals surface area contributed by atoms with Crippen LogP contribution in [-0.2, 0) is 4.79 Å². The number of carbonyl (C=O) groups excluding carboxylic acids is 2. The van der Waals surface area contributed by atoms with Gasteiger partial charge in [-0.25, -0.2) is 0 Å². The number of hydrogen-bond acceptors (Lipinski definition) is 3. The number of halogens is 1. The van der Waals surface area contributed by atoms with Crippen LogP contribution in [0, 0.1) is 6.92 Å². The van der Waals surface area contributed by atoms with Crippen molar-refractivity contribution >= 4 is 34.8 Å². The molecular formula is C17H18ClN3O3. The second-order valence-electron chi connectivity index (χ2n) is 5.34. The summed E-state index contributed by atoms with van der Waals surface area (Å²) in [6, 6.07) is 6.11. The molecule has 24 heavy (non-hydrogen) atoms. The molecule has 2 rings (SSSR count). The summed E-state index contributed by atoms with van der Waals surface area (Å²) in [5.41, 5.74) is 1.10. The lowest BCUT2D eigenvalue weighted by atomic mass is 10.2. The van der Waals surface area contributed by atoms with E-state index in [9.17, 15) is 14.4 Å². The molecule has 0 saturated carbocycles. The van der Waals surface area contributed by atoms with Gasteiger partial charge < -0.3 is 15.6 Å². The lowest BCUT2D eigenvalue weighted by molar-refractivity contribution is -0.116. The first kappa shape index (κ1) is 17.7. The first-order chi connectivity index (χ1) is 11.4. The Kier molecular flexibility index (Phi) is 5.76. The van der Waals surface area contributed by atoms with E-state index in [1.165, 1.54) is 12.3 Å². The summed E-state index contributed by atoms with van der Waals surface area (Å²) in [4.78, 5) is 38.6. The SMILES string of the molecule is CCCC(=O)Nc1ccc(Cl)c(NC(=O)c2c[nH]c(C)cc2=O)c1. The van der Waals surface area contributed by atoms with Gasteiger partial charge in [-0.15, -0.1) is 0 Å². The first-order valence-corrected chi connectivity index (χ1v) is 7.88. The fourth-order valence-corrected chi connectivity index (χ4v) is 2.25. The highest BCUT2D eigenvalue weighted by molar-refractivity contribution is 6.34. The van der Waals surface area contributed by atoms with Crippen molar-refractivity contribution in [2.45, 2.75) is 26.7 Å². The highest BCUT2D eigenvalue weighted by Crippen LogP contribution is 2.26. The Morgan fingerprint density at radius 3 is 2.62 bits per heavy atom. The average molecular weight is 348 g/mol. The van der Waals surface area contributed by atoms with Gasteiger partial charge in [-0.05, 0) is 31.5 Å². The molecule has 0 atom stereocenters. The molecular weight excluding hydrogens is 330 g/mol. The lowest BCUT2D eigenvalue weighted by Gasteiger charge is -2.10. The lowest BCUT2D eigenvalue weighted by Crippen LogP contribution is -2.21.